The number of amides is 2. The summed E-state index contributed by atoms with van der Waals surface area (Å²) in [6.45, 7) is 3.62. The average molecular weight is 299 g/mol. The van der Waals surface area contributed by atoms with Crippen LogP contribution < -0.4 is 10.2 Å². The quantitative estimate of drug-likeness (QED) is 0.931. The molecular weight excluding hydrogens is 283 g/mol. The Morgan fingerprint density at radius 1 is 1.50 bits per heavy atom. The van der Waals surface area contributed by atoms with Crippen molar-refractivity contribution < 1.29 is 14.0 Å². The van der Waals surface area contributed by atoms with Crippen LogP contribution in [0, 0.1) is 11.7 Å². The van der Waals surface area contributed by atoms with Crippen molar-refractivity contribution in [1.29, 1.82) is 0 Å². The van der Waals surface area contributed by atoms with Crippen LogP contribution in [0.15, 0.2) is 18.2 Å². The predicted molar refractivity (Wildman–Crippen MR) is 75.1 cm³/mol. The van der Waals surface area contributed by atoms with Crippen molar-refractivity contribution in [2.75, 3.05) is 11.4 Å². The molecule has 0 aromatic heterocycles. The van der Waals surface area contributed by atoms with Crippen LogP contribution in [-0.4, -0.2) is 24.4 Å². The Bertz CT molecular complexity index is 550. The van der Waals surface area contributed by atoms with Crippen molar-refractivity contribution >= 4 is 29.1 Å². The molecule has 1 fully saturated rings. The zero-order valence-electron chi connectivity index (χ0n) is 11.3. The Morgan fingerprint density at radius 3 is 2.85 bits per heavy atom. The topological polar surface area (TPSA) is 49.4 Å². The summed E-state index contributed by atoms with van der Waals surface area (Å²) in [5, 5.41) is 2.98. The first-order valence-electron chi connectivity index (χ1n) is 6.49. The predicted octanol–water partition coefficient (Wildman–Crippen LogP) is 2.36. The first kappa shape index (κ1) is 14.8. The minimum atomic E-state index is -0.625. The lowest BCUT2D eigenvalue weighted by molar-refractivity contribution is -0.132. The molecule has 1 saturated heterocycles. The monoisotopic (exact) mass is 298 g/mol. The van der Waals surface area contributed by atoms with E-state index in [0.29, 0.717) is 5.02 Å². The summed E-state index contributed by atoms with van der Waals surface area (Å²) in [6, 6.07) is 3.33. The van der Waals surface area contributed by atoms with Gasteiger partial charge in [0.25, 0.3) is 0 Å². The van der Waals surface area contributed by atoms with E-state index in [4.69, 9.17) is 11.6 Å². The number of nitrogens with zero attached hydrogens (tertiary/aromatic N) is 1. The third-order valence-corrected chi connectivity index (χ3v) is 3.80. The molecule has 0 saturated carbocycles. The first-order valence-corrected chi connectivity index (χ1v) is 6.87. The van der Waals surface area contributed by atoms with Gasteiger partial charge in [0.1, 0.15) is 18.4 Å². The molecule has 2 atom stereocenters. The van der Waals surface area contributed by atoms with Crippen molar-refractivity contribution in [3.05, 3.63) is 29.0 Å². The van der Waals surface area contributed by atoms with Crippen LogP contribution in [0.1, 0.15) is 20.3 Å². The second kappa shape index (κ2) is 5.79. The average Bonchev–Trinajstić information content (AvgIpc) is 2.43. The van der Waals surface area contributed by atoms with E-state index in [0.717, 1.165) is 11.3 Å². The molecule has 1 aliphatic rings. The van der Waals surface area contributed by atoms with Crippen LogP contribution >= 0.6 is 11.6 Å². The van der Waals surface area contributed by atoms with Crippen LogP contribution in [0.2, 0.25) is 5.02 Å². The molecule has 20 heavy (non-hydrogen) atoms. The molecule has 1 heterocycles. The Labute approximate surface area is 121 Å². The summed E-state index contributed by atoms with van der Waals surface area (Å²) in [7, 11) is 0. The molecule has 6 heteroatoms. The highest BCUT2D eigenvalue weighted by Crippen LogP contribution is 2.26. The number of rotatable bonds is 3. The molecule has 1 N–H and O–H groups in total. The number of halogens is 2. The fourth-order valence-electron chi connectivity index (χ4n) is 2.19. The SMILES string of the molecule is CCC(C)C1NC(=O)CN(c2cc(Cl)ccc2F)C1=O. The Balaban J connectivity index is 2.37. The molecule has 0 spiro atoms. The van der Waals surface area contributed by atoms with Gasteiger partial charge >= 0.3 is 0 Å². The van der Waals surface area contributed by atoms with E-state index < -0.39 is 11.9 Å². The molecule has 1 aromatic carbocycles. The van der Waals surface area contributed by atoms with Gasteiger partial charge in [-0.05, 0) is 24.1 Å². The van der Waals surface area contributed by atoms with Gasteiger partial charge in [0, 0.05) is 5.02 Å². The highest BCUT2D eigenvalue weighted by molar-refractivity contribution is 6.31. The Kier molecular flexibility index (Phi) is 4.28. The van der Waals surface area contributed by atoms with Gasteiger partial charge in [0.2, 0.25) is 11.8 Å². The number of anilines is 1. The molecular formula is C14H16ClFN2O2. The molecule has 1 aromatic rings. The third kappa shape index (κ3) is 2.77. The molecule has 0 aliphatic carbocycles. The van der Waals surface area contributed by atoms with Crippen LogP contribution in [0.3, 0.4) is 0 Å². The molecule has 2 amide bonds. The van der Waals surface area contributed by atoms with Gasteiger partial charge in [0.05, 0.1) is 5.69 Å². The summed E-state index contributed by atoms with van der Waals surface area (Å²) in [4.78, 5) is 25.4. The van der Waals surface area contributed by atoms with E-state index in [1.165, 1.54) is 18.2 Å². The number of carbonyl (C=O) groups is 2. The second-order valence-electron chi connectivity index (χ2n) is 4.95. The second-order valence-corrected chi connectivity index (χ2v) is 5.39. The van der Waals surface area contributed by atoms with E-state index in [1.54, 1.807) is 0 Å². The largest absolute Gasteiger partial charge is 0.342 e. The van der Waals surface area contributed by atoms with Crippen LogP contribution in [0.5, 0.6) is 0 Å². The highest BCUT2D eigenvalue weighted by atomic mass is 35.5. The van der Waals surface area contributed by atoms with Crippen LogP contribution in [0.25, 0.3) is 0 Å². The smallest absolute Gasteiger partial charge is 0.250 e. The number of carbonyl (C=O) groups excluding carboxylic acids is 2. The van der Waals surface area contributed by atoms with Gasteiger partial charge in [-0.1, -0.05) is 31.9 Å². The van der Waals surface area contributed by atoms with Gasteiger partial charge in [-0.3, -0.25) is 14.5 Å². The minimum Gasteiger partial charge on any atom is -0.342 e. The van der Waals surface area contributed by atoms with Crippen molar-refractivity contribution in [1.82, 2.24) is 5.32 Å². The standard InChI is InChI=1S/C14H16ClFN2O2/c1-3-8(2)13-14(20)18(7-12(19)17-13)11-6-9(15)4-5-10(11)16/h4-6,8,13H,3,7H2,1-2H3,(H,17,19). The lowest BCUT2D eigenvalue weighted by atomic mass is 9.96. The first-order chi connectivity index (χ1) is 9.43. The number of hydrogen-bond donors (Lipinski definition) is 1. The lowest BCUT2D eigenvalue weighted by Gasteiger charge is -2.35. The van der Waals surface area contributed by atoms with E-state index in [9.17, 15) is 14.0 Å². The summed E-state index contributed by atoms with van der Waals surface area (Å²) < 4.78 is 13.9. The Hall–Kier alpha value is -1.62. The lowest BCUT2D eigenvalue weighted by Crippen LogP contribution is -2.60. The maximum absolute atomic E-state index is 13.9. The zero-order chi connectivity index (χ0) is 14.9. The normalized spacial score (nSPS) is 20.8. The maximum atomic E-state index is 13.9. The summed E-state index contributed by atoms with van der Waals surface area (Å²) >= 11 is 5.84. The van der Waals surface area contributed by atoms with Gasteiger partial charge in [0.15, 0.2) is 0 Å². The molecule has 108 valence electrons. The highest BCUT2D eigenvalue weighted by Gasteiger charge is 2.37. The summed E-state index contributed by atoms with van der Waals surface area (Å²) in [5.41, 5.74) is 0.0469. The van der Waals surface area contributed by atoms with Gasteiger partial charge in [-0.2, -0.15) is 0 Å². The minimum absolute atomic E-state index is 0.0171. The molecule has 4 nitrogen and oxygen atoms in total. The van der Waals surface area contributed by atoms with Crippen molar-refractivity contribution in [2.24, 2.45) is 5.92 Å². The molecule has 0 bridgehead atoms. The fraction of sp³-hybridized carbons (Fsp3) is 0.429. The van der Waals surface area contributed by atoms with Crippen molar-refractivity contribution in [3.8, 4) is 0 Å². The van der Waals surface area contributed by atoms with Gasteiger partial charge in [-0.15, -0.1) is 0 Å². The van der Waals surface area contributed by atoms with Crippen LogP contribution in [0.4, 0.5) is 10.1 Å². The number of nitrogens with one attached hydrogen (secondary N) is 1. The number of hydrogen-bond acceptors (Lipinski definition) is 2. The van der Waals surface area contributed by atoms with Crippen molar-refractivity contribution in [2.45, 2.75) is 26.3 Å². The van der Waals surface area contributed by atoms with E-state index in [-0.39, 0.29) is 30.0 Å². The molecule has 2 rings (SSSR count). The van der Waals surface area contributed by atoms with Crippen molar-refractivity contribution in [3.63, 3.8) is 0 Å². The van der Waals surface area contributed by atoms with E-state index in [1.807, 2.05) is 13.8 Å². The maximum Gasteiger partial charge on any atom is 0.250 e. The number of piperazine rings is 1. The third-order valence-electron chi connectivity index (χ3n) is 3.56. The van der Waals surface area contributed by atoms with Crippen LogP contribution in [-0.2, 0) is 9.59 Å². The fourth-order valence-corrected chi connectivity index (χ4v) is 2.35. The molecule has 1 aliphatic heterocycles. The molecule has 0 radical (unpaired) electrons. The summed E-state index contributed by atoms with van der Waals surface area (Å²) in [5.74, 6) is -1.19. The zero-order valence-corrected chi connectivity index (χ0v) is 12.1. The van der Waals surface area contributed by atoms with Gasteiger partial charge in [-0.25, -0.2) is 4.39 Å². The van der Waals surface area contributed by atoms with Gasteiger partial charge < -0.3 is 5.32 Å². The molecule has 2 unspecified atom stereocenters. The number of benzene rings is 1. The van der Waals surface area contributed by atoms with E-state index >= 15 is 0 Å². The van der Waals surface area contributed by atoms with E-state index in [2.05, 4.69) is 5.32 Å². The summed E-state index contributed by atoms with van der Waals surface area (Å²) in [6.07, 6.45) is 0.739. The Morgan fingerprint density at radius 2 is 2.20 bits per heavy atom.